The zero-order chi connectivity index (χ0) is 4.71. The zero-order valence-electron chi connectivity index (χ0n) is 3.32. The third kappa shape index (κ3) is 71.1. The summed E-state index contributed by atoms with van der Waals surface area (Å²) in [6, 6.07) is 0. The van der Waals surface area contributed by atoms with Crippen molar-refractivity contribution in [3.8, 4) is 0 Å². The number of hydrogen-bond acceptors (Lipinski definition) is 2. The Morgan fingerprint density at radius 3 is 1.80 bits per heavy atom. The summed E-state index contributed by atoms with van der Waals surface area (Å²) in [5.41, 5.74) is 0. The normalized spacial score (nSPS) is 4.80. The van der Waals surface area contributed by atoms with Gasteiger partial charge in [-0.3, -0.25) is 0 Å². The van der Waals surface area contributed by atoms with Crippen LogP contribution in [0, 0.1) is 0 Å². The van der Waals surface area contributed by atoms with Crippen LogP contribution >= 0.6 is 0 Å². The Kier molecular flexibility index (Phi) is 41.1. The maximum atomic E-state index is 8.25. The van der Waals surface area contributed by atoms with Gasteiger partial charge in [-0.05, 0) is 0 Å². The molecule has 0 atom stereocenters. The van der Waals surface area contributed by atoms with Crippen molar-refractivity contribution in [2.24, 2.45) is 0 Å². The summed E-state index contributed by atoms with van der Waals surface area (Å²) >= 11 is 0.750. The van der Waals surface area contributed by atoms with E-state index in [0.717, 1.165) is 30.9 Å². The van der Waals surface area contributed by atoms with Crippen LogP contribution in [-0.2, 0) is 28.2 Å². The van der Waals surface area contributed by atoms with Crippen molar-refractivity contribution >= 4 is 10.5 Å². The summed E-state index contributed by atoms with van der Waals surface area (Å²) in [5.74, 6) is 0. The van der Waals surface area contributed by atoms with E-state index in [1.54, 1.807) is 7.11 Å². The molecule has 0 fully saturated rings. The Balaban J connectivity index is 0. The molecule has 0 aromatic heterocycles. The fourth-order valence-electron chi connectivity index (χ4n) is 0. The minimum atomic E-state index is 0.750. The monoisotopic (exact) mass is 126 g/mol. The average Bonchev–Trinajstić information content (AvgIpc) is 1.46. The van der Waals surface area contributed by atoms with Crippen LogP contribution in [-0.4, -0.2) is 17.6 Å². The van der Waals surface area contributed by atoms with Crippen molar-refractivity contribution in [3.05, 3.63) is 0 Å². The summed E-state index contributed by atoms with van der Waals surface area (Å²) < 4.78 is 12.6. The summed E-state index contributed by atoms with van der Waals surface area (Å²) in [6.07, 6.45) is 0. The van der Waals surface area contributed by atoms with Gasteiger partial charge in [0, 0.05) is 7.11 Å². The molecule has 2 nitrogen and oxygen atoms in total. The molecule has 0 radical (unpaired) electrons. The van der Waals surface area contributed by atoms with Crippen LogP contribution in [0.1, 0.15) is 0 Å². The van der Waals surface area contributed by atoms with Gasteiger partial charge in [0.1, 0.15) is 10.5 Å². The van der Waals surface area contributed by atoms with Crippen LogP contribution in [0.4, 0.5) is 0 Å². The first-order valence-electron chi connectivity index (χ1n) is 1.02. The Hall–Kier alpha value is 0.691. The number of hydrogen-bond donors (Lipinski definition) is 0. The van der Waals surface area contributed by atoms with Gasteiger partial charge in [-0.15, -0.1) is 0 Å². The van der Waals surface area contributed by atoms with E-state index in [2.05, 4.69) is 4.43 Å². The molecule has 0 unspecified atom stereocenters. The van der Waals surface area contributed by atoms with Gasteiger partial charge in [-0.25, -0.2) is 0 Å². The van der Waals surface area contributed by atoms with Crippen molar-refractivity contribution < 1.29 is 28.2 Å². The van der Waals surface area contributed by atoms with E-state index in [4.69, 9.17) is 3.32 Å². The first-order chi connectivity index (χ1) is 2.41. The van der Waals surface area contributed by atoms with Gasteiger partial charge in [-0.1, -0.05) is 0 Å². The van der Waals surface area contributed by atoms with Crippen molar-refractivity contribution in [2.45, 2.75) is 0 Å². The molecular formula is CH6O2SiTi. The zero-order valence-corrected chi connectivity index (χ0v) is 6.88. The van der Waals surface area contributed by atoms with E-state index in [-0.39, 0.29) is 0 Å². The van der Waals surface area contributed by atoms with Crippen LogP contribution in [0.5, 0.6) is 0 Å². The molecule has 0 aromatic rings. The first-order valence-corrected chi connectivity index (χ1v) is 2.47. The topological polar surface area (TPSA) is 26.3 Å². The Morgan fingerprint density at radius 1 is 1.80 bits per heavy atom. The fourth-order valence-corrected chi connectivity index (χ4v) is 0. The Bertz CT molecular complexity index is 13.6. The molecule has 5 heavy (non-hydrogen) atoms. The fraction of sp³-hybridized carbons (Fsp3) is 1.00. The predicted molar refractivity (Wildman–Crippen MR) is 17.6 cm³/mol. The minimum absolute atomic E-state index is 0.750. The third-order valence-corrected chi connectivity index (χ3v) is 0. The van der Waals surface area contributed by atoms with Gasteiger partial charge in [0.05, 0.1) is 0 Å². The number of rotatable bonds is 0. The third-order valence-electron chi connectivity index (χ3n) is 0. The maximum absolute atomic E-state index is 8.25. The summed E-state index contributed by atoms with van der Waals surface area (Å²) in [5, 5.41) is 0. The second-order valence-electron chi connectivity index (χ2n) is 0.408. The predicted octanol–water partition coefficient (Wildman–Crippen LogP) is -1.21. The second kappa shape index (κ2) is 22.3. The quantitative estimate of drug-likeness (QED) is 0.381. The molecular weight excluding hydrogens is 120 g/mol. The van der Waals surface area contributed by atoms with Crippen LogP contribution in [0.25, 0.3) is 0 Å². The van der Waals surface area contributed by atoms with E-state index in [9.17, 15) is 0 Å². The van der Waals surface area contributed by atoms with Gasteiger partial charge < -0.3 is 4.43 Å². The van der Waals surface area contributed by atoms with Gasteiger partial charge in [-0.2, -0.15) is 0 Å². The molecule has 0 rings (SSSR count). The van der Waals surface area contributed by atoms with E-state index in [1.165, 1.54) is 0 Å². The van der Waals surface area contributed by atoms with Crippen LogP contribution in [0.3, 0.4) is 0 Å². The van der Waals surface area contributed by atoms with Gasteiger partial charge in [0.2, 0.25) is 0 Å². The van der Waals surface area contributed by atoms with Gasteiger partial charge in [0.15, 0.2) is 0 Å². The Morgan fingerprint density at radius 2 is 1.80 bits per heavy atom. The average molecular weight is 126 g/mol. The molecule has 0 saturated carbocycles. The first kappa shape index (κ1) is 9.19. The molecule has 30 valence electrons. The van der Waals surface area contributed by atoms with E-state index in [1.807, 2.05) is 0 Å². The van der Waals surface area contributed by atoms with Crippen molar-refractivity contribution in [1.29, 1.82) is 0 Å². The van der Waals surface area contributed by atoms with Crippen LogP contribution in [0.2, 0.25) is 0 Å². The molecule has 0 spiro atoms. The van der Waals surface area contributed by atoms with Gasteiger partial charge in [0.25, 0.3) is 0 Å². The molecule has 0 bridgehead atoms. The standard InChI is InChI=1S/CH6OSi.O.Ti/c1-2-3;;/h1,3H3;;. The molecule has 0 aliphatic rings. The summed E-state index contributed by atoms with van der Waals surface area (Å²) in [6.45, 7) is 0. The molecule has 0 aromatic carbocycles. The Labute approximate surface area is 46.2 Å². The summed E-state index contributed by atoms with van der Waals surface area (Å²) in [7, 11) is 2.56. The van der Waals surface area contributed by atoms with Crippen molar-refractivity contribution in [3.63, 3.8) is 0 Å². The second-order valence-corrected chi connectivity index (χ2v) is 1.22. The molecule has 4 heteroatoms. The van der Waals surface area contributed by atoms with E-state index < -0.39 is 0 Å². The SMILES string of the molecule is CO[SiH3].[O]=[Ti]. The molecule has 0 aliphatic carbocycles. The van der Waals surface area contributed by atoms with Gasteiger partial charge >= 0.3 is 23.7 Å². The molecule has 0 saturated heterocycles. The molecule has 0 amide bonds. The van der Waals surface area contributed by atoms with Crippen molar-refractivity contribution in [1.82, 2.24) is 0 Å². The molecule has 0 N–H and O–H groups in total. The van der Waals surface area contributed by atoms with Crippen LogP contribution in [0.15, 0.2) is 0 Å². The summed E-state index contributed by atoms with van der Waals surface area (Å²) in [4.78, 5) is 0. The van der Waals surface area contributed by atoms with E-state index in [0.29, 0.717) is 0 Å². The molecule has 0 aliphatic heterocycles. The van der Waals surface area contributed by atoms with Crippen molar-refractivity contribution in [2.75, 3.05) is 7.11 Å². The van der Waals surface area contributed by atoms with E-state index >= 15 is 0 Å². The molecule has 0 heterocycles. The van der Waals surface area contributed by atoms with Crippen LogP contribution < -0.4 is 0 Å².